The average molecular weight is 346 g/mol. The Labute approximate surface area is 123 Å². The molecule has 18 heavy (non-hydrogen) atoms. The molecule has 1 aromatic heterocycles. The molecule has 0 aliphatic carbocycles. The number of rotatable bonds is 4. The standard InChI is InChI=1S/C13H10BrClO2S/c1-8(16)11-4-2-9(14)6-12(11)17-7-10-3-5-13(15)18-10/h2-6H,7H2,1H3. The minimum absolute atomic E-state index is 0.0123. The molecule has 0 unspecified atom stereocenters. The van der Waals surface area contributed by atoms with Gasteiger partial charge < -0.3 is 4.74 Å². The van der Waals surface area contributed by atoms with Crippen molar-refractivity contribution in [2.75, 3.05) is 0 Å². The zero-order valence-electron chi connectivity index (χ0n) is 9.57. The van der Waals surface area contributed by atoms with E-state index < -0.39 is 0 Å². The maximum Gasteiger partial charge on any atom is 0.163 e. The van der Waals surface area contributed by atoms with Crippen LogP contribution in [0.25, 0.3) is 0 Å². The van der Waals surface area contributed by atoms with Crippen LogP contribution in [0.5, 0.6) is 5.75 Å². The van der Waals surface area contributed by atoms with Gasteiger partial charge in [0.05, 0.1) is 9.90 Å². The van der Waals surface area contributed by atoms with Gasteiger partial charge in [-0.05, 0) is 37.3 Å². The molecule has 2 aromatic rings. The Kier molecular flexibility index (Phi) is 4.43. The van der Waals surface area contributed by atoms with Gasteiger partial charge >= 0.3 is 0 Å². The van der Waals surface area contributed by atoms with Crippen molar-refractivity contribution in [1.29, 1.82) is 0 Å². The molecule has 0 saturated heterocycles. The summed E-state index contributed by atoms with van der Waals surface area (Å²) in [6, 6.07) is 9.12. The van der Waals surface area contributed by atoms with Crippen molar-refractivity contribution in [3.05, 3.63) is 49.6 Å². The van der Waals surface area contributed by atoms with Gasteiger partial charge in [-0.1, -0.05) is 27.5 Å². The van der Waals surface area contributed by atoms with E-state index in [-0.39, 0.29) is 5.78 Å². The molecule has 0 fully saturated rings. The molecule has 2 nitrogen and oxygen atoms in total. The van der Waals surface area contributed by atoms with Crippen LogP contribution in [0.2, 0.25) is 4.34 Å². The summed E-state index contributed by atoms with van der Waals surface area (Å²) >= 11 is 10.7. The molecule has 1 heterocycles. The lowest BCUT2D eigenvalue weighted by atomic mass is 10.1. The van der Waals surface area contributed by atoms with Crippen molar-refractivity contribution in [2.24, 2.45) is 0 Å². The SMILES string of the molecule is CC(=O)c1ccc(Br)cc1OCc1ccc(Cl)s1. The summed E-state index contributed by atoms with van der Waals surface area (Å²) in [7, 11) is 0. The number of ketones is 1. The maximum atomic E-state index is 11.5. The van der Waals surface area contributed by atoms with E-state index in [0.717, 1.165) is 13.7 Å². The topological polar surface area (TPSA) is 26.3 Å². The molecule has 0 saturated carbocycles. The van der Waals surface area contributed by atoms with E-state index >= 15 is 0 Å². The number of carbonyl (C=O) groups is 1. The summed E-state index contributed by atoms with van der Waals surface area (Å²) in [4.78, 5) is 12.5. The van der Waals surface area contributed by atoms with Crippen LogP contribution in [0.4, 0.5) is 0 Å². The highest BCUT2D eigenvalue weighted by Gasteiger charge is 2.09. The molecule has 0 aliphatic rings. The Morgan fingerprint density at radius 1 is 1.39 bits per heavy atom. The monoisotopic (exact) mass is 344 g/mol. The van der Waals surface area contributed by atoms with Crippen LogP contribution < -0.4 is 4.74 Å². The number of thiophene rings is 1. The van der Waals surface area contributed by atoms with E-state index in [0.29, 0.717) is 17.9 Å². The number of halogens is 2. The van der Waals surface area contributed by atoms with E-state index in [2.05, 4.69) is 15.9 Å². The summed E-state index contributed by atoms with van der Waals surface area (Å²) in [6.45, 7) is 1.94. The molecule has 1 aromatic carbocycles. The molecular formula is C13H10BrClO2S. The van der Waals surface area contributed by atoms with Crippen LogP contribution in [0.15, 0.2) is 34.8 Å². The highest BCUT2D eigenvalue weighted by molar-refractivity contribution is 9.10. The lowest BCUT2D eigenvalue weighted by Gasteiger charge is -2.09. The van der Waals surface area contributed by atoms with Crippen LogP contribution in [0, 0.1) is 0 Å². The van der Waals surface area contributed by atoms with Gasteiger partial charge in [-0.15, -0.1) is 11.3 Å². The number of benzene rings is 1. The minimum Gasteiger partial charge on any atom is -0.487 e. The van der Waals surface area contributed by atoms with Crippen molar-refractivity contribution < 1.29 is 9.53 Å². The van der Waals surface area contributed by atoms with E-state index in [4.69, 9.17) is 16.3 Å². The lowest BCUT2D eigenvalue weighted by molar-refractivity contribution is 0.101. The van der Waals surface area contributed by atoms with Crippen molar-refractivity contribution in [3.8, 4) is 5.75 Å². The Balaban J connectivity index is 2.17. The Hall–Kier alpha value is -0.840. The van der Waals surface area contributed by atoms with Gasteiger partial charge in [0.2, 0.25) is 0 Å². The van der Waals surface area contributed by atoms with Crippen molar-refractivity contribution >= 4 is 44.7 Å². The van der Waals surface area contributed by atoms with Gasteiger partial charge in [0.1, 0.15) is 12.4 Å². The third-order valence-electron chi connectivity index (χ3n) is 2.32. The van der Waals surface area contributed by atoms with Crippen LogP contribution in [0.3, 0.4) is 0 Å². The smallest absolute Gasteiger partial charge is 0.163 e. The van der Waals surface area contributed by atoms with Gasteiger partial charge in [-0.25, -0.2) is 0 Å². The van der Waals surface area contributed by atoms with Crippen LogP contribution in [-0.2, 0) is 6.61 Å². The quantitative estimate of drug-likeness (QED) is 0.733. The number of Topliss-reactive ketones (excluding diaryl/α,β-unsaturated/α-hetero) is 1. The first-order valence-electron chi connectivity index (χ1n) is 5.24. The second-order valence-electron chi connectivity index (χ2n) is 3.69. The molecule has 0 bridgehead atoms. The van der Waals surface area contributed by atoms with Crippen molar-refractivity contribution in [3.63, 3.8) is 0 Å². The average Bonchev–Trinajstić information content (AvgIpc) is 2.72. The first kappa shape index (κ1) is 13.6. The predicted octanol–water partition coefficient (Wildman–Crippen LogP) is 4.95. The number of hydrogen-bond acceptors (Lipinski definition) is 3. The number of hydrogen-bond donors (Lipinski definition) is 0. The highest BCUT2D eigenvalue weighted by Crippen LogP contribution is 2.27. The van der Waals surface area contributed by atoms with Gasteiger partial charge in [-0.3, -0.25) is 4.79 Å². The Morgan fingerprint density at radius 3 is 2.78 bits per heavy atom. The van der Waals surface area contributed by atoms with E-state index in [1.54, 1.807) is 12.1 Å². The maximum absolute atomic E-state index is 11.5. The van der Waals surface area contributed by atoms with Crippen molar-refractivity contribution in [2.45, 2.75) is 13.5 Å². The van der Waals surface area contributed by atoms with E-state index in [1.807, 2.05) is 18.2 Å². The van der Waals surface area contributed by atoms with Gasteiger partial charge in [0.25, 0.3) is 0 Å². The number of carbonyl (C=O) groups excluding carboxylic acids is 1. The second kappa shape index (κ2) is 5.87. The molecule has 5 heteroatoms. The third-order valence-corrected chi connectivity index (χ3v) is 4.02. The minimum atomic E-state index is -0.0123. The summed E-state index contributed by atoms with van der Waals surface area (Å²) in [5, 5.41) is 0. The summed E-state index contributed by atoms with van der Waals surface area (Å²) in [5.74, 6) is 0.572. The normalized spacial score (nSPS) is 10.4. The zero-order valence-corrected chi connectivity index (χ0v) is 12.7. The molecular weight excluding hydrogens is 336 g/mol. The summed E-state index contributed by atoms with van der Waals surface area (Å²) in [5.41, 5.74) is 0.584. The molecule has 94 valence electrons. The Morgan fingerprint density at radius 2 is 2.17 bits per heavy atom. The molecule has 0 atom stereocenters. The lowest BCUT2D eigenvalue weighted by Crippen LogP contribution is -2.00. The molecule has 2 rings (SSSR count). The van der Waals surface area contributed by atoms with E-state index in [1.165, 1.54) is 18.3 Å². The fourth-order valence-electron chi connectivity index (χ4n) is 1.48. The van der Waals surface area contributed by atoms with Crippen LogP contribution in [0.1, 0.15) is 22.2 Å². The fraction of sp³-hybridized carbons (Fsp3) is 0.154. The predicted molar refractivity (Wildman–Crippen MR) is 77.8 cm³/mol. The largest absolute Gasteiger partial charge is 0.487 e. The molecule has 0 N–H and O–H groups in total. The summed E-state index contributed by atoms with van der Waals surface area (Å²) < 4.78 is 7.29. The van der Waals surface area contributed by atoms with E-state index in [9.17, 15) is 4.79 Å². The van der Waals surface area contributed by atoms with Gasteiger partial charge in [-0.2, -0.15) is 0 Å². The third kappa shape index (κ3) is 3.34. The summed E-state index contributed by atoms with van der Waals surface area (Å²) in [6.07, 6.45) is 0. The first-order chi connectivity index (χ1) is 8.56. The van der Waals surface area contributed by atoms with Crippen LogP contribution >= 0.6 is 38.9 Å². The molecule has 0 spiro atoms. The van der Waals surface area contributed by atoms with Crippen molar-refractivity contribution in [1.82, 2.24) is 0 Å². The second-order valence-corrected chi connectivity index (χ2v) is 6.41. The fourth-order valence-corrected chi connectivity index (χ4v) is 2.83. The molecule has 0 aliphatic heterocycles. The van der Waals surface area contributed by atoms with Gasteiger partial charge in [0, 0.05) is 9.35 Å². The molecule has 0 radical (unpaired) electrons. The zero-order chi connectivity index (χ0) is 13.1. The number of ether oxygens (including phenoxy) is 1. The Bertz CT molecular complexity index is 580. The van der Waals surface area contributed by atoms with Crippen LogP contribution in [-0.4, -0.2) is 5.78 Å². The van der Waals surface area contributed by atoms with Gasteiger partial charge in [0.15, 0.2) is 5.78 Å². The first-order valence-corrected chi connectivity index (χ1v) is 7.22. The highest BCUT2D eigenvalue weighted by atomic mass is 79.9. The molecule has 0 amide bonds.